The summed E-state index contributed by atoms with van der Waals surface area (Å²) in [7, 11) is 0. The van der Waals surface area contributed by atoms with Gasteiger partial charge in [0, 0.05) is 14.3 Å². The van der Waals surface area contributed by atoms with Gasteiger partial charge in [-0.1, -0.05) is 0 Å². The van der Waals surface area contributed by atoms with Crippen LogP contribution in [0.5, 0.6) is 0 Å². The van der Waals surface area contributed by atoms with Gasteiger partial charge in [-0.25, -0.2) is 0 Å². The number of halogens is 2. The Kier molecular flexibility index (Phi) is 2.51. The third-order valence-corrected chi connectivity index (χ3v) is 5.45. The first-order chi connectivity index (χ1) is 7.26. The van der Waals surface area contributed by atoms with Crippen molar-refractivity contribution in [2.75, 3.05) is 0 Å². The Balaban J connectivity index is 2.37. The zero-order chi connectivity index (χ0) is 10.4. The smallest absolute Gasteiger partial charge is 0.0711 e. The highest BCUT2D eigenvalue weighted by atomic mass is 79.9. The number of hydrogen-bond acceptors (Lipinski definition) is 2. The van der Waals surface area contributed by atoms with Gasteiger partial charge in [-0.15, -0.1) is 34.3 Å². The lowest BCUT2D eigenvalue weighted by molar-refractivity contribution is 1.54. The van der Waals surface area contributed by atoms with Crippen LogP contribution >= 0.6 is 50.2 Å². The van der Waals surface area contributed by atoms with Crippen LogP contribution in [0.15, 0.2) is 28.1 Å². The Morgan fingerprint density at radius 3 is 2.40 bits per heavy atom. The summed E-state index contributed by atoms with van der Waals surface area (Å²) in [6.45, 7) is 0. The molecule has 0 aliphatic rings. The van der Waals surface area contributed by atoms with E-state index in [-0.39, 0.29) is 0 Å². The summed E-state index contributed by atoms with van der Waals surface area (Å²) in [6, 6.07) is 8.83. The van der Waals surface area contributed by atoms with Crippen molar-refractivity contribution in [3.8, 4) is 0 Å². The second-order valence-corrected chi connectivity index (χ2v) is 7.22. The number of rotatable bonds is 1. The molecule has 0 radical (unpaired) electrons. The summed E-state index contributed by atoms with van der Waals surface area (Å²) in [5.74, 6) is 0.608. The zero-order valence-electron chi connectivity index (χ0n) is 7.59. The number of thiophene rings is 2. The van der Waals surface area contributed by atoms with Gasteiger partial charge in [0.15, 0.2) is 0 Å². The fourth-order valence-corrected chi connectivity index (χ4v) is 4.43. The molecule has 2 heterocycles. The van der Waals surface area contributed by atoms with Gasteiger partial charge in [0.25, 0.3) is 0 Å². The highest BCUT2D eigenvalue weighted by molar-refractivity contribution is 9.11. The van der Waals surface area contributed by atoms with E-state index in [1.165, 1.54) is 28.8 Å². The van der Waals surface area contributed by atoms with Crippen LogP contribution in [-0.4, -0.2) is 0 Å². The molecule has 3 aromatic rings. The third kappa shape index (κ3) is 1.72. The van der Waals surface area contributed by atoms with Crippen molar-refractivity contribution in [2.45, 2.75) is 5.88 Å². The van der Waals surface area contributed by atoms with Gasteiger partial charge in [-0.05, 0) is 51.0 Å². The van der Waals surface area contributed by atoms with E-state index in [4.69, 9.17) is 11.6 Å². The molecule has 0 N–H and O–H groups in total. The van der Waals surface area contributed by atoms with Crippen LogP contribution in [0.1, 0.15) is 4.88 Å². The number of alkyl halides is 1. The molecule has 2 aromatic heterocycles. The molecule has 0 amide bonds. The number of fused-ring (bicyclic) bond motifs is 2. The summed E-state index contributed by atoms with van der Waals surface area (Å²) in [6.07, 6.45) is 0. The molecule has 0 fully saturated rings. The molecule has 76 valence electrons. The molecule has 15 heavy (non-hydrogen) atoms. The fourth-order valence-electron chi connectivity index (χ4n) is 1.66. The first kappa shape index (κ1) is 10.1. The predicted octanol–water partition coefficient (Wildman–Crippen LogP) is 5.62. The Labute approximate surface area is 109 Å². The molecule has 4 heteroatoms. The van der Waals surface area contributed by atoms with E-state index in [9.17, 15) is 0 Å². The van der Waals surface area contributed by atoms with E-state index in [1.807, 2.05) is 0 Å². The van der Waals surface area contributed by atoms with Crippen LogP contribution in [-0.2, 0) is 5.88 Å². The van der Waals surface area contributed by atoms with Crippen LogP contribution in [0.2, 0.25) is 0 Å². The monoisotopic (exact) mass is 316 g/mol. The molecule has 0 nitrogen and oxygen atoms in total. The molecule has 0 aliphatic carbocycles. The highest BCUT2D eigenvalue weighted by Gasteiger charge is 2.05. The average Bonchev–Trinajstić information content (AvgIpc) is 2.74. The maximum absolute atomic E-state index is 5.83. The maximum Gasteiger partial charge on any atom is 0.0711 e. The molecule has 0 saturated heterocycles. The molecule has 1 aromatic carbocycles. The summed E-state index contributed by atoms with van der Waals surface area (Å²) < 4.78 is 3.84. The van der Waals surface area contributed by atoms with Gasteiger partial charge in [0.05, 0.1) is 9.67 Å². The Bertz CT molecular complexity index is 587. The van der Waals surface area contributed by atoms with Gasteiger partial charge in [0.1, 0.15) is 0 Å². The van der Waals surface area contributed by atoms with Crippen molar-refractivity contribution < 1.29 is 0 Å². The Hall–Kier alpha value is -0.0900. The summed E-state index contributed by atoms with van der Waals surface area (Å²) in [5, 5.41) is 2.61. The molecule has 0 atom stereocenters. The van der Waals surface area contributed by atoms with Crippen LogP contribution in [0.25, 0.3) is 20.2 Å². The number of hydrogen-bond donors (Lipinski definition) is 0. The molecule has 0 saturated carbocycles. The minimum atomic E-state index is 0.608. The average molecular weight is 318 g/mol. The van der Waals surface area contributed by atoms with Gasteiger partial charge in [-0.3, -0.25) is 0 Å². The Morgan fingerprint density at radius 1 is 1.00 bits per heavy atom. The van der Waals surface area contributed by atoms with Gasteiger partial charge in [0.2, 0.25) is 0 Å². The minimum Gasteiger partial charge on any atom is -0.139 e. The highest BCUT2D eigenvalue weighted by Crippen LogP contribution is 2.36. The lowest BCUT2D eigenvalue weighted by Gasteiger charge is -1.89. The van der Waals surface area contributed by atoms with Gasteiger partial charge in [-0.2, -0.15) is 0 Å². The van der Waals surface area contributed by atoms with E-state index in [2.05, 4.69) is 40.2 Å². The maximum atomic E-state index is 5.83. The fraction of sp³-hybridized carbons (Fsp3) is 0.0909. The first-order valence-electron chi connectivity index (χ1n) is 4.44. The topological polar surface area (TPSA) is 0 Å². The van der Waals surface area contributed by atoms with Crippen LogP contribution in [0.4, 0.5) is 0 Å². The van der Waals surface area contributed by atoms with Gasteiger partial charge >= 0.3 is 0 Å². The van der Waals surface area contributed by atoms with E-state index >= 15 is 0 Å². The van der Waals surface area contributed by atoms with Crippen molar-refractivity contribution in [3.05, 3.63) is 32.9 Å². The molecular formula is C11H6BrClS2. The zero-order valence-corrected chi connectivity index (χ0v) is 11.6. The van der Waals surface area contributed by atoms with Crippen LogP contribution in [0.3, 0.4) is 0 Å². The lowest BCUT2D eigenvalue weighted by Crippen LogP contribution is -1.62. The van der Waals surface area contributed by atoms with Gasteiger partial charge < -0.3 is 0 Å². The largest absolute Gasteiger partial charge is 0.139 e. The SMILES string of the molecule is ClCc1cc2cc3sc(Br)cc3cc2s1. The summed E-state index contributed by atoms with van der Waals surface area (Å²) in [4.78, 5) is 1.24. The van der Waals surface area contributed by atoms with E-state index in [0.717, 1.165) is 0 Å². The molecule has 0 unspecified atom stereocenters. The third-order valence-electron chi connectivity index (χ3n) is 2.31. The quantitative estimate of drug-likeness (QED) is 0.511. The second kappa shape index (κ2) is 3.74. The predicted molar refractivity (Wildman–Crippen MR) is 74.5 cm³/mol. The van der Waals surface area contributed by atoms with E-state index in [0.29, 0.717) is 5.88 Å². The lowest BCUT2D eigenvalue weighted by atomic mass is 10.2. The van der Waals surface area contributed by atoms with E-state index in [1.54, 1.807) is 22.7 Å². The number of benzene rings is 1. The van der Waals surface area contributed by atoms with Crippen molar-refractivity contribution >= 4 is 70.4 Å². The van der Waals surface area contributed by atoms with Crippen LogP contribution in [0, 0.1) is 0 Å². The summed E-state index contributed by atoms with van der Waals surface area (Å²) >= 11 is 12.9. The second-order valence-electron chi connectivity index (χ2n) is 3.32. The molecule has 3 rings (SSSR count). The molecule has 0 aliphatic heterocycles. The van der Waals surface area contributed by atoms with Crippen molar-refractivity contribution in [1.29, 1.82) is 0 Å². The van der Waals surface area contributed by atoms with Crippen molar-refractivity contribution in [2.24, 2.45) is 0 Å². The Morgan fingerprint density at radius 2 is 1.67 bits per heavy atom. The minimum absolute atomic E-state index is 0.608. The summed E-state index contributed by atoms with van der Waals surface area (Å²) in [5.41, 5.74) is 0. The molecular weight excluding hydrogens is 312 g/mol. The normalized spacial score (nSPS) is 11.6. The van der Waals surface area contributed by atoms with Crippen molar-refractivity contribution in [1.82, 2.24) is 0 Å². The van der Waals surface area contributed by atoms with E-state index < -0.39 is 0 Å². The standard InChI is InChI=1S/C11H6BrClS2/c12-11-4-7-3-9-6(2-10(7)15-11)1-8(5-13)14-9/h1-4H,5H2. The molecule has 0 bridgehead atoms. The van der Waals surface area contributed by atoms with Crippen molar-refractivity contribution in [3.63, 3.8) is 0 Å². The molecule has 0 spiro atoms. The first-order valence-corrected chi connectivity index (χ1v) is 7.40. The van der Waals surface area contributed by atoms with Crippen LogP contribution < -0.4 is 0 Å².